The Morgan fingerprint density at radius 3 is 3.15 bits per heavy atom. The molecule has 27 heavy (non-hydrogen) atoms. The Hall–Kier alpha value is -3.48. The van der Waals surface area contributed by atoms with E-state index in [-0.39, 0.29) is 0 Å². The van der Waals surface area contributed by atoms with Crippen LogP contribution in [0.2, 0.25) is 0 Å². The Labute approximate surface area is 154 Å². The maximum Gasteiger partial charge on any atom is 0.406 e. The lowest BCUT2D eigenvalue weighted by atomic mass is 9.94. The largest absolute Gasteiger partial charge is 0.406 e. The van der Waals surface area contributed by atoms with E-state index >= 15 is 0 Å². The molecule has 132 valence electrons. The average molecular weight is 358 g/mol. The lowest BCUT2D eigenvalue weighted by Gasteiger charge is -2.18. The van der Waals surface area contributed by atoms with Crippen LogP contribution >= 0.6 is 0 Å². The number of aryl methyl sites for hydroxylation is 1. The summed E-state index contributed by atoms with van der Waals surface area (Å²) in [6.07, 6.45) is 12.9. The maximum atomic E-state index is 5.33. The second-order valence-electron chi connectivity index (χ2n) is 7.05. The van der Waals surface area contributed by atoms with Crippen molar-refractivity contribution in [3.63, 3.8) is 0 Å². The third kappa shape index (κ3) is 2.21. The molecule has 6 rings (SSSR count). The predicted molar refractivity (Wildman–Crippen MR) is 96.3 cm³/mol. The highest BCUT2D eigenvalue weighted by Gasteiger charge is 2.29. The summed E-state index contributed by atoms with van der Waals surface area (Å²) < 4.78 is 11.8. The van der Waals surface area contributed by atoms with E-state index in [0.717, 1.165) is 42.1 Å². The van der Waals surface area contributed by atoms with Crippen molar-refractivity contribution in [3.05, 3.63) is 72.6 Å². The van der Waals surface area contributed by atoms with Gasteiger partial charge in [-0.15, -0.1) is 4.68 Å². The summed E-state index contributed by atoms with van der Waals surface area (Å²) in [6, 6.07) is 10.7. The normalized spacial score (nSPS) is 16.8. The summed E-state index contributed by atoms with van der Waals surface area (Å²) in [7, 11) is 0. The molecule has 0 aliphatic heterocycles. The Kier molecular flexibility index (Phi) is 2.99. The van der Waals surface area contributed by atoms with E-state index in [1.54, 1.807) is 0 Å². The van der Waals surface area contributed by atoms with Crippen molar-refractivity contribution in [2.45, 2.75) is 25.3 Å². The van der Waals surface area contributed by atoms with Crippen LogP contribution in [0.4, 0.5) is 0 Å². The van der Waals surface area contributed by atoms with E-state index in [2.05, 4.69) is 54.9 Å². The van der Waals surface area contributed by atoms with Gasteiger partial charge in [0, 0.05) is 23.8 Å². The van der Waals surface area contributed by atoms with Crippen LogP contribution in [0.3, 0.4) is 0 Å². The molecule has 7 nitrogen and oxygen atoms in total. The zero-order valence-corrected chi connectivity index (χ0v) is 14.6. The molecule has 7 heteroatoms. The minimum Gasteiger partial charge on any atom is -0.361 e. The highest BCUT2D eigenvalue weighted by Crippen LogP contribution is 2.25. The van der Waals surface area contributed by atoms with Gasteiger partial charge < -0.3 is 4.52 Å². The second-order valence-corrected chi connectivity index (χ2v) is 7.05. The van der Waals surface area contributed by atoms with Gasteiger partial charge in [-0.2, -0.15) is 4.40 Å². The molecule has 1 N–H and O–H groups in total. The van der Waals surface area contributed by atoms with Gasteiger partial charge in [0.15, 0.2) is 0 Å². The lowest BCUT2D eigenvalue weighted by Crippen LogP contribution is -2.42. The molecule has 1 atom stereocenters. The van der Waals surface area contributed by atoms with Gasteiger partial charge in [0.25, 0.3) is 5.82 Å². The number of fused-ring (bicyclic) bond motifs is 3. The Bertz CT molecular complexity index is 1250. The Morgan fingerprint density at radius 2 is 2.19 bits per heavy atom. The van der Waals surface area contributed by atoms with E-state index < -0.39 is 0 Å². The number of hydrogen-bond donors (Lipinski definition) is 1. The summed E-state index contributed by atoms with van der Waals surface area (Å²) in [5.74, 6) is 2.98. The Balaban J connectivity index is 1.46. The molecule has 1 aromatic carbocycles. The molecular formula is C20H18N6O+2. The van der Waals surface area contributed by atoms with Gasteiger partial charge in [-0.1, -0.05) is 22.3 Å². The maximum absolute atomic E-state index is 5.33. The number of rotatable bonds is 2. The summed E-state index contributed by atoms with van der Waals surface area (Å²) >= 11 is 0. The first-order valence-corrected chi connectivity index (χ1v) is 9.16. The molecule has 0 bridgehead atoms. The molecule has 1 aliphatic carbocycles. The van der Waals surface area contributed by atoms with Gasteiger partial charge in [-0.05, 0) is 18.6 Å². The molecule has 0 radical (unpaired) electrons. The number of nitrogens with one attached hydrogen (secondary N) is 1. The minimum atomic E-state index is 0.359. The summed E-state index contributed by atoms with van der Waals surface area (Å²) in [4.78, 5) is 4.66. The van der Waals surface area contributed by atoms with Gasteiger partial charge in [-0.3, -0.25) is 0 Å². The number of imidazole rings is 1. The first kappa shape index (κ1) is 14.7. The van der Waals surface area contributed by atoms with Crippen LogP contribution in [0, 0.1) is 0 Å². The highest BCUT2D eigenvalue weighted by molar-refractivity contribution is 5.76. The van der Waals surface area contributed by atoms with E-state index in [0.29, 0.717) is 6.04 Å². The molecule has 1 aliphatic rings. The molecule has 4 aromatic heterocycles. The molecule has 0 spiro atoms. The van der Waals surface area contributed by atoms with Gasteiger partial charge in [-0.25, -0.2) is 9.67 Å². The standard InChI is InChI=1S/C20H17N6O/c1-2-4-17-14(3-1)13-26(23-17)19-7-8-21-20-24(9-10-25(19)20)16-5-6-18-15(11-16)12-22-27-18/h1-4,7-10,12-13,16H,5-6,11H2/q+1/p+1. The number of nitrogens with zero attached hydrogens (tertiary/aromatic N) is 5. The number of para-hydroxylation sites is 1. The zero-order chi connectivity index (χ0) is 17.8. The fourth-order valence-corrected chi connectivity index (χ4v) is 4.12. The third-order valence-electron chi connectivity index (χ3n) is 5.48. The first-order valence-electron chi connectivity index (χ1n) is 9.16. The van der Waals surface area contributed by atoms with Gasteiger partial charge in [0.1, 0.15) is 24.4 Å². The van der Waals surface area contributed by atoms with Gasteiger partial charge in [0.2, 0.25) is 0 Å². The molecule has 0 amide bonds. The van der Waals surface area contributed by atoms with Crippen LogP contribution < -0.4 is 9.25 Å². The van der Waals surface area contributed by atoms with Crippen LogP contribution in [0.15, 0.2) is 65.8 Å². The SMILES string of the molecule is c1ccc2[nH][n+](-c3ccnc4n3cc[n+]4C3CCc4oncc4C3)cc2c1. The minimum absolute atomic E-state index is 0.359. The highest BCUT2D eigenvalue weighted by atomic mass is 16.5. The van der Waals surface area contributed by atoms with Crippen molar-refractivity contribution in [1.29, 1.82) is 0 Å². The summed E-state index contributed by atoms with van der Waals surface area (Å²) in [5.41, 5.74) is 2.31. The molecule has 1 unspecified atom stereocenters. The molecule has 4 heterocycles. The van der Waals surface area contributed by atoms with E-state index in [4.69, 9.17) is 4.52 Å². The number of aromatic amines is 1. The third-order valence-corrected chi connectivity index (χ3v) is 5.48. The van der Waals surface area contributed by atoms with E-state index in [9.17, 15) is 0 Å². The molecular weight excluding hydrogens is 340 g/mol. The molecule has 0 saturated heterocycles. The summed E-state index contributed by atoms with van der Waals surface area (Å²) in [6.45, 7) is 0. The molecule has 0 saturated carbocycles. The van der Waals surface area contributed by atoms with Crippen molar-refractivity contribution in [2.24, 2.45) is 0 Å². The van der Waals surface area contributed by atoms with Crippen molar-refractivity contribution in [1.82, 2.24) is 19.6 Å². The topological polar surface area (TPSA) is 66.9 Å². The van der Waals surface area contributed by atoms with Crippen molar-refractivity contribution < 1.29 is 13.8 Å². The average Bonchev–Trinajstić information content (AvgIpc) is 3.43. The van der Waals surface area contributed by atoms with E-state index in [1.165, 1.54) is 10.9 Å². The van der Waals surface area contributed by atoms with Crippen LogP contribution in [0.1, 0.15) is 23.8 Å². The van der Waals surface area contributed by atoms with Crippen molar-refractivity contribution in [3.8, 4) is 5.82 Å². The number of H-pyrrole nitrogens is 1. The van der Waals surface area contributed by atoms with Crippen molar-refractivity contribution in [2.75, 3.05) is 0 Å². The fraction of sp³-hybridized carbons (Fsp3) is 0.200. The van der Waals surface area contributed by atoms with Gasteiger partial charge in [0.05, 0.1) is 30.0 Å². The van der Waals surface area contributed by atoms with Crippen LogP contribution in [0.5, 0.6) is 0 Å². The smallest absolute Gasteiger partial charge is 0.361 e. The monoisotopic (exact) mass is 358 g/mol. The van der Waals surface area contributed by atoms with Gasteiger partial charge >= 0.3 is 5.78 Å². The molecule has 0 fully saturated rings. The first-order chi connectivity index (χ1) is 13.4. The predicted octanol–water partition coefficient (Wildman–Crippen LogP) is 2.10. The van der Waals surface area contributed by atoms with Crippen molar-refractivity contribution >= 4 is 16.7 Å². The quantitative estimate of drug-likeness (QED) is 0.492. The second kappa shape index (κ2) is 5.51. The molecule has 5 aromatic rings. The zero-order valence-electron chi connectivity index (χ0n) is 14.6. The van der Waals surface area contributed by atoms with E-state index in [1.807, 2.05) is 35.3 Å². The van der Waals surface area contributed by atoms with Crippen LogP contribution in [-0.4, -0.2) is 19.6 Å². The lowest BCUT2D eigenvalue weighted by molar-refractivity contribution is -0.701. The fourth-order valence-electron chi connectivity index (χ4n) is 4.12. The van der Waals surface area contributed by atoms with Crippen LogP contribution in [-0.2, 0) is 12.8 Å². The number of aromatic nitrogens is 6. The number of benzene rings is 1. The summed E-state index contributed by atoms with van der Waals surface area (Å²) in [5, 5.41) is 8.56. The number of hydrogen-bond acceptors (Lipinski definition) is 3. The Morgan fingerprint density at radius 1 is 1.22 bits per heavy atom. The van der Waals surface area contributed by atoms with Crippen LogP contribution in [0.25, 0.3) is 22.5 Å².